The molecule has 0 radical (unpaired) electrons. The molecule has 6 heteroatoms. The third-order valence-corrected chi connectivity index (χ3v) is 4.09. The summed E-state index contributed by atoms with van der Waals surface area (Å²) in [7, 11) is 3.92. The summed E-state index contributed by atoms with van der Waals surface area (Å²) in [6.07, 6.45) is 3.64. The molecule has 0 saturated carbocycles. The van der Waals surface area contributed by atoms with Gasteiger partial charge in [0.25, 0.3) is 0 Å². The number of methoxy groups -OCH3 is 3. The Balaban J connectivity index is 2.46. The fourth-order valence-corrected chi connectivity index (χ4v) is 2.71. The molecule has 2 aromatic carbocycles. The van der Waals surface area contributed by atoms with Crippen LogP contribution >= 0.6 is 0 Å². The predicted octanol–water partition coefficient (Wildman–Crippen LogP) is 3.73. The highest BCUT2D eigenvalue weighted by Crippen LogP contribution is 2.35. The van der Waals surface area contributed by atoms with Crippen LogP contribution in [0.3, 0.4) is 0 Å². The van der Waals surface area contributed by atoms with Crippen molar-refractivity contribution in [3.8, 4) is 11.5 Å². The molecule has 0 spiro atoms. The average molecular weight is 396 g/mol. The van der Waals surface area contributed by atoms with Gasteiger partial charge >= 0.3 is 11.9 Å². The number of carbonyl (C=O) groups is 2. The lowest BCUT2D eigenvalue weighted by Gasteiger charge is -2.16. The Labute approximate surface area is 170 Å². The number of benzene rings is 2. The number of hydrogen-bond acceptors (Lipinski definition) is 6. The van der Waals surface area contributed by atoms with E-state index in [4.69, 9.17) is 9.47 Å². The Morgan fingerprint density at radius 2 is 1.66 bits per heavy atom. The number of esters is 2. The maximum Gasteiger partial charge on any atom is 0.345 e. The van der Waals surface area contributed by atoms with Gasteiger partial charge in [0, 0.05) is 5.56 Å². The first-order chi connectivity index (χ1) is 14.0. The molecule has 0 fully saturated rings. The number of hydrogen-bond donors (Lipinski definition) is 0. The highest BCUT2D eigenvalue weighted by Gasteiger charge is 2.21. The van der Waals surface area contributed by atoms with Crippen molar-refractivity contribution in [1.82, 2.24) is 0 Å². The summed E-state index contributed by atoms with van der Waals surface area (Å²) in [4.78, 5) is 23.9. The first kappa shape index (κ1) is 21.8. The SMILES string of the molecule is C=CCc1cc(C=C(C(=O)OC)C(=O)OC)cc(OC)c1OCc1ccccc1. The van der Waals surface area contributed by atoms with Crippen LogP contribution in [0.4, 0.5) is 0 Å². The number of allylic oxidation sites excluding steroid dienone is 1. The molecule has 0 aliphatic carbocycles. The summed E-state index contributed by atoms with van der Waals surface area (Å²) in [5.74, 6) is -0.525. The normalized spacial score (nSPS) is 9.90. The molecular formula is C23H24O6. The van der Waals surface area contributed by atoms with Crippen LogP contribution in [0, 0.1) is 0 Å². The van der Waals surface area contributed by atoms with Gasteiger partial charge in [-0.05, 0) is 35.8 Å². The molecule has 0 aliphatic rings. The van der Waals surface area contributed by atoms with E-state index in [2.05, 4.69) is 16.1 Å². The van der Waals surface area contributed by atoms with Crippen molar-refractivity contribution >= 4 is 18.0 Å². The predicted molar refractivity (Wildman–Crippen MR) is 110 cm³/mol. The lowest BCUT2D eigenvalue weighted by molar-refractivity contribution is -0.143. The lowest BCUT2D eigenvalue weighted by Crippen LogP contribution is -2.15. The summed E-state index contributed by atoms with van der Waals surface area (Å²) in [5, 5.41) is 0. The van der Waals surface area contributed by atoms with E-state index in [1.54, 1.807) is 18.2 Å². The molecule has 0 atom stereocenters. The Morgan fingerprint density at radius 3 is 2.21 bits per heavy atom. The van der Waals surface area contributed by atoms with Crippen LogP contribution in [0.5, 0.6) is 11.5 Å². The second-order valence-corrected chi connectivity index (χ2v) is 6.02. The maximum atomic E-state index is 11.9. The zero-order valence-electron chi connectivity index (χ0n) is 16.8. The van der Waals surface area contributed by atoms with E-state index in [0.29, 0.717) is 30.1 Å². The van der Waals surface area contributed by atoms with Gasteiger partial charge < -0.3 is 18.9 Å². The number of carbonyl (C=O) groups excluding carboxylic acids is 2. The summed E-state index contributed by atoms with van der Waals surface area (Å²) >= 11 is 0. The molecule has 0 saturated heterocycles. The van der Waals surface area contributed by atoms with Crippen LogP contribution in [0.2, 0.25) is 0 Å². The van der Waals surface area contributed by atoms with Crippen molar-refractivity contribution in [2.45, 2.75) is 13.0 Å². The highest BCUT2D eigenvalue weighted by atomic mass is 16.5. The quantitative estimate of drug-likeness (QED) is 0.211. The van der Waals surface area contributed by atoms with Gasteiger partial charge in [0.05, 0.1) is 21.3 Å². The van der Waals surface area contributed by atoms with Gasteiger partial charge in [-0.3, -0.25) is 0 Å². The monoisotopic (exact) mass is 396 g/mol. The van der Waals surface area contributed by atoms with Crippen molar-refractivity contribution in [3.05, 3.63) is 77.4 Å². The van der Waals surface area contributed by atoms with Crippen molar-refractivity contribution < 1.29 is 28.5 Å². The van der Waals surface area contributed by atoms with Crippen molar-refractivity contribution in [2.24, 2.45) is 0 Å². The summed E-state index contributed by atoms with van der Waals surface area (Å²) in [6, 6.07) is 13.2. The van der Waals surface area contributed by atoms with Crippen LogP contribution < -0.4 is 9.47 Å². The number of rotatable bonds is 9. The van der Waals surface area contributed by atoms with Gasteiger partial charge in [-0.15, -0.1) is 6.58 Å². The molecule has 29 heavy (non-hydrogen) atoms. The fraction of sp³-hybridized carbons (Fsp3) is 0.217. The van der Waals surface area contributed by atoms with Gasteiger partial charge in [-0.2, -0.15) is 0 Å². The average Bonchev–Trinajstić information content (AvgIpc) is 2.76. The van der Waals surface area contributed by atoms with E-state index >= 15 is 0 Å². The zero-order valence-corrected chi connectivity index (χ0v) is 16.8. The van der Waals surface area contributed by atoms with Crippen molar-refractivity contribution in [1.29, 1.82) is 0 Å². The van der Waals surface area contributed by atoms with Crippen molar-refractivity contribution in [2.75, 3.05) is 21.3 Å². The molecule has 6 nitrogen and oxygen atoms in total. The largest absolute Gasteiger partial charge is 0.493 e. The van der Waals surface area contributed by atoms with Gasteiger partial charge in [0.1, 0.15) is 12.2 Å². The van der Waals surface area contributed by atoms with E-state index in [9.17, 15) is 9.59 Å². The third-order valence-electron chi connectivity index (χ3n) is 4.09. The molecule has 2 aromatic rings. The van der Waals surface area contributed by atoms with E-state index in [0.717, 1.165) is 11.1 Å². The minimum Gasteiger partial charge on any atom is -0.493 e. The van der Waals surface area contributed by atoms with Crippen LogP contribution in [0.15, 0.2) is 60.7 Å². The van der Waals surface area contributed by atoms with Gasteiger partial charge in [-0.25, -0.2) is 9.59 Å². The first-order valence-corrected chi connectivity index (χ1v) is 8.90. The van der Waals surface area contributed by atoms with E-state index in [-0.39, 0.29) is 5.57 Å². The third kappa shape index (κ3) is 5.72. The van der Waals surface area contributed by atoms with Crippen LogP contribution in [-0.4, -0.2) is 33.3 Å². The molecule has 152 valence electrons. The van der Waals surface area contributed by atoms with Crippen LogP contribution in [0.25, 0.3) is 6.08 Å². The summed E-state index contributed by atoms with van der Waals surface area (Å²) in [5.41, 5.74) is 2.16. The van der Waals surface area contributed by atoms with E-state index < -0.39 is 11.9 Å². The summed E-state index contributed by atoms with van der Waals surface area (Å²) < 4.78 is 20.9. The Kier molecular flexibility index (Phi) is 8.03. The molecular weight excluding hydrogens is 372 g/mol. The zero-order chi connectivity index (χ0) is 21.2. The Bertz CT molecular complexity index is 881. The molecule has 0 aromatic heterocycles. The molecule has 0 bridgehead atoms. The lowest BCUT2D eigenvalue weighted by atomic mass is 10.0. The maximum absolute atomic E-state index is 11.9. The topological polar surface area (TPSA) is 71.1 Å². The Hall–Kier alpha value is -3.54. The summed E-state index contributed by atoms with van der Waals surface area (Å²) in [6.45, 7) is 4.15. The highest BCUT2D eigenvalue weighted by molar-refractivity contribution is 6.17. The molecule has 0 amide bonds. The van der Waals surface area contributed by atoms with Crippen LogP contribution in [-0.2, 0) is 32.1 Å². The number of ether oxygens (including phenoxy) is 4. The second kappa shape index (κ2) is 10.7. The minimum absolute atomic E-state index is 0.223. The molecule has 0 unspecified atom stereocenters. The fourth-order valence-electron chi connectivity index (χ4n) is 2.71. The van der Waals surface area contributed by atoms with Crippen LogP contribution in [0.1, 0.15) is 16.7 Å². The first-order valence-electron chi connectivity index (χ1n) is 8.90. The van der Waals surface area contributed by atoms with Gasteiger partial charge in [0.2, 0.25) is 0 Å². The molecule has 0 N–H and O–H groups in total. The van der Waals surface area contributed by atoms with Gasteiger partial charge in [0.15, 0.2) is 11.5 Å². The second-order valence-electron chi connectivity index (χ2n) is 6.02. The molecule has 0 aliphatic heterocycles. The van der Waals surface area contributed by atoms with Gasteiger partial charge in [-0.1, -0.05) is 36.4 Å². The standard InChI is InChI=1S/C23H24O6/c1-5-9-18-12-17(13-19(22(24)27-3)23(25)28-4)14-20(26-2)21(18)29-15-16-10-7-6-8-11-16/h5-8,10-14H,1,9,15H2,2-4H3. The van der Waals surface area contributed by atoms with Crippen molar-refractivity contribution in [3.63, 3.8) is 0 Å². The molecule has 0 heterocycles. The smallest absolute Gasteiger partial charge is 0.345 e. The van der Waals surface area contributed by atoms with E-state index in [1.807, 2.05) is 30.3 Å². The van der Waals surface area contributed by atoms with E-state index in [1.165, 1.54) is 27.4 Å². The Morgan fingerprint density at radius 1 is 1.00 bits per heavy atom. The minimum atomic E-state index is -0.787. The molecule has 2 rings (SSSR count).